The maximum absolute atomic E-state index is 9.35. The van der Waals surface area contributed by atoms with E-state index in [9.17, 15) is 4.57 Å². The number of hydrogen-bond acceptors (Lipinski definition) is 2. The monoisotopic (exact) mass is 351 g/mol. The Kier molecular flexibility index (Phi) is 18.1. The van der Waals surface area contributed by atoms with Gasteiger partial charge in [-0.15, -0.1) is 0 Å². The molecule has 0 aromatic carbocycles. The molecule has 8 heteroatoms. The first-order valence-corrected chi connectivity index (χ1v) is 2.53. The van der Waals surface area contributed by atoms with Crippen LogP contribution in [0.4, 0.5) is 0 Å². The van der Waals surface area contributed by atoms with Gasteiger partial charge in [-0.1, -0.05) is 0 Å². The molecule has 2 N–H and O–H groups in total. The molecule has 8 heavy (non-hydrogen) atoms. The molecule has 0 saturated heterocycles. The van der Waals surface area contributed by atoms with Crippen LogP contribution in [0.2, 0.25) is 0 Å². The van der Waals surface area contributed by atoms with Gasteiger partial charge in [0.05, 0.1) is 0 Å². The van der Waals surface area contributed by atoms with Crippen LogP contribution in [0.15, 0.2) is 0 Å². The standard InChI is InChI=1S/BH2O4P.Eu.Sr.2H/c1-5-6(2,3)4;;;;/h(H2,2,3,4);;;;/q;;+2;2*-1. The van der Waals surface area contributed by atoms with E-state index in [-0.39, 0.29) is 97.7 Å². The molecule has 45 valence electrons. The van der Waals surface area contributed by atoms with Gasteiger partial charge >= 0.3 is 53.3 Å². The second kappa shape index (κ2) is 8.34. The molecule has 0 aliphatic carbocycles. The van der Waals surface area contributed by atoms with Crippen molar-refractivity contribution in [1.29, 1.82) is 0 Å². The van der Waals surface area contributed by atoms with Crippen LogP contribution in [0.5, 0.6) is 0 Å². The molecule has 0 aromatic heterocycles. The predicted octanol–water partition coefficient (Wildman–Crippen LogP) is -0.977. The van der Waals surface area contributed by atoms with Gasteiger partial charge in [-0.05, 0) is 0 Å². The first kappa shape index (κ1) is 17.4. The zero-order chi connectivity index (χ0) is 5.21. The van der Waals surface area contributed by atoms with Gasteiger partial charge in [0.2, 0.25) is 0 Å². The molecule has 3 radical (unpaired) electrons. The average Bonchev–Trinajstić information content (AvgIpc) is 1.35. The maximum Gasteiger partial charge on any atom is 2.00 e. The normalized spacial score (nSPS) is 8.75. The van der Waals surface area contributed by atoms with Gasteiger partial charge in [-0.3, -0.25) is 0 Å². The van der Waals surface area contributed by atoms with Crippen molar-refractivity contribution in [3.8, 4) is 0 Å². The van der Waals surface area contributed by atoms with Gasteiger partial charge < -0.3 is 17.1 Å². The minimum Gasteiger partial charge on any atom is -1.00 e. The van der Waals surface area contributed by atoms with E-state index in [2.05, 4.69) is 12.5 Å². The summed E-state index contributed by atoms with van der Waals surface area (Å²) in [6.45, 7) is 0. The van der Waals surface area contributed by atoms with Gasteiger partial charge in [-0.2, -0.15) is 0 Å². The Hall–Kier alpha value is 3.24. The summed E-state index contributed by atoms with van der Waals surface area (Å²) in [4.78, 5) is 15.2. The molecule has 0 atom stereocenters. The fraction of sp³-hybridized carbons (Fsp3) is 0. The fourth-order valence-electron chi connectivity index (χ4n) is 0. The zero-order valence-corrected chi connectivity index (χ0v) is 10.6. The molecular weight excluding hydrogens is 345 g/mol. The summed E-state index contributed by atoms with van der Waals surface area (Å²) in [6.07, 6.45) is 0. The van der Waals surface area contributed by atoms with Gasteiger partial charge in [0, 0.05) is 49.4 Å². The van der Waals surface area contributed by atoms with Gasteiger partial charge in [0.25, 0.3) is 8.05 Å². The van der Waals surface area contributed by atoms with Crippen LogP contribution in [-0.2, 0) is 9.01 Å². The maximum atomic E-state index is 9.35. The Morgan fingerprint density at radius 1 is 1.62 bits per heavy atom. The van der Waals surface area contributed by atoms with Gasteiger partial charge in [0.15, 0.2) is 0 Å². The Morgan fingerprint density at radius 3 is 1.75 bits per heavy atom. The quantitative estimate of drug-likeness (QED) is 0.472. The Labute approximate surface area is 129 Å². The largest absolute Gasteiger partial charge is 2.00 e. The van der Waals surface area contributed by atoms with Crippen molar-refractivity contribution < 1.29 is 71.0 Å². The zero-order valence-electron chi connectivity index (χ0n) is 5.82. The summed E-state index contributed by atoms with van der Waals surface area (Å²) in [5.74, 6) is 0. The summed E-state index contributed by atoms with van der Waals surface area (Å²) in [5.41, 5.74) is 0. The van der Waals surface area contributed by atoms with Crippen LogP contribution in [0.3, 0.4) is 0 Å². The van der Waals surface area contributed by atoms with Crippen LogP contribution < -0.4 is 0 Å². The van der Waals surface area contributed by atoms with Crippen LogP contribution in [0.1, 0.15) is 2.85 Å². The van der Waals surface area contributed by atoms with Crippen LogP contribution >= 0.6 is 7.82 Å². The van der Waals surface area contributed by atoms with E-state index in [0.29, 0.717) is 0 Å². The predicted molar refractivity (Wildman–Crippen MR) is 26.9 cm³/mol. The van der Waals surface area contributed by atoms with E-state index in [1.54, 1.807) is 0 Å². The van der Waals surface area contributed by atoms with Crippen molar-refractivity contribution in [3.63, 3.8) is 0 Å². The number of rotatable bonds is 1. The van der Waals surface area contributed by atoms with Gasteiger partial charge in [0.1, 0.15) is 0 Å². The summed E-state index contributed by atoms with van der Waals surface area (Å²) in [5, 5.41) is 0. The smallest absolute Gasteiger partial charge is 1.00 e. The third-order valence-corrected chi connectivity index (χ3v) is 0.412. The molecule has 0 heterocycles. The van der Waals surface area contributed by atoms with E-state index in [1.807, 2.05) is 0 Å². The van der Waals surface area contributed by atoms with Crippen molar-refractivity contribution in [3.05, 3.63) is 0 Å². The summed E-state index contributed by atoms with van der Waals surface area (Å²) >= 11 is 0. The number of hydrogen-bond donors (Lipinski definition) is 2. The minimum atomic E-state index is -4.37. The van der Waals surface area contributed by atoms with Crippen LogP contribution in [0.25, 0.3) is 0 Å². The van der Waals surface area contributed by atoms with Crippen molar-refractivity contribution in [2.45, 2.75) is 0 Å². The third kappa shape index (κ3) is 16.1. The van der Waals surface area contributed by atoms with E-state index >= 15 is 0 Å². The molecule has 0 rings (SSSR count). The molecule has 4 nitrogen and oxygen atoms in total. The molecule has 0 bridgehead atoms. The molecule has 0 fully saturated rings. The molecular formula is H4BEuO4PSr. The second-order valence-corrected chi connectivity index (χ2v) is 1.79. The third-order valence-electron chi connectivity index (χ3n) is 0.137. The Bertz CT molecular complexity index is 87.3. The van der Waals surface area contributed by atoms with Crippen molar-refractivity contribution in [1.82, 2.24) is 0 Å². The Balaban J connectivity index is -0.0000000208. The molecule has 0 aromatic rings. The second-order valence-electron chi connectivity index (χ2n) is 0.596. The molecule has 0 aliphatic heterocycles. The fourth-order valence-corrected chi connectivity index (χ4v) is 0. The molecule has 0 saturated carbocycles. The van der Waals surface area contributed by atoms with Gasteiger partial charge in [-0.25, -0.2) is 4.57 Å². The molecule has 0 spiro atoms. The van der Waals surface area contributed by atoms with Crippen molar-refractivity contribution in [2.75, 3.05) is 0 Å². The van der Waals surface area contributed by atoms with E-state index < -0.39 is 7.82 Å². The SMILES string of the molecule is [B]OP(=O)(O)O.[Eu].[H-].[H-].[Sr+2]. The topological polar surface area (TPSA) is 66.8 Å². The number of phosphoric acid groups is 1. The molecule has 0 unspecified atom stereocenters. The summed E-state index contributed by atoms with van der Waals surface area (Å²) < 4.78 is 12.5. The van der Waals surface area contributed by atoms with E-state index in [0.717, 1.165) is 0 Å². The van der Waals surface area contributed by atoms with Crippen LogP contribution in [-0.4, -0.2) is 63.3 Å². The summed E-state index contributed by atoms with van der Waals surface area (Å²) in [6, 6.07) is 0. The Morgan fingerprint density at radius 2 is 1.75 bits per heavy atom. The van der Waals surface area contributed by atoms with Crippen molar-refractivity contribution >= 4 is 61.4 Å². The first-order valence-electron chi connectivity index (χ1n) is 1.00. The average molecular weight is 349 g/mol. The van der Waals surface area contributed by atoms with Crippen LogP contribution in [0, 0.1) is 49.4 Å². The summed E-state index contributed by atoms with van der Waals surface area (Å²) in [7, 11) is -0.326. The van der Waals surface area contributed by atoms with Crippen molar-refractivity contribution in [2.24, 2.45) is 0 Å². The minimum absolute atomic E-state index is 0. The molecule has 0 aliphatic rings. The van der Waals surface area contributed by atoms with E-state index in [1.165, 1.54) is 0 Å². The first-order chi connectivity index (χ1) is 2.56. The molecule has 0 amide bonds. The van der Waals surface area contributed by atoms with E-state index in [4.69, 9.17) is 9.79 Å².